The summed E-state index contributed by atoms with van der Waals surface area (Å²) in [6.45, 7) is 12.4. The first-order valence-corrected chi connectivity index (χ1v) is 9.42. The normalized spacial score (nSPS) is 11.6. The van der Waals surface area contributed by atoms with E-state index in [9.17, 15) is 0 Å². The number of nitrogens with zero attached hydrogens (tertiary/aromatic N) is 1. The van der Waals surface area contributed by atoms with Crippen molar-refractivity contribution >= 4 is 0 Å². The highest BCUT2D eigenvalue weighted by molar-refractivity contribution is 5.73. The van der Waals surface area contributed by atoms with Crippen LogP contribution >= 0.6 is 0 Å². The number of benzene rings is 2. The van der Waals surface area contributed by atoms with Crippen LogP contribution in [0.5, 0.6) is 5.75 Å². The number of hydrogen-bond acceptors (Lipinski definition) is 2. The van der Waals surface area contributed by atoms with E-state index in [1.165, 1.54) is 22.3 Å². The van der Waals surface area contributed by atoms with Gasteiger partial charge in [0.1, 0.15) is 5.75 Å². The van der Waals surface area contributed by atoms with Gasteiger partial charge in [-0.1, -0.05) is 36.4 Å². The molecular weight excluding hydrogens is 306 g/mol. The maximum absolute atomic E-state index is 5.82. The van der Waals surface area contributed by atoms with Gasteiger partial charge in [0, 0.05) is 17.6 Å². The molecule has 0 N–H and O–H groups in total. The summed E-state index contributed by atoms with van der Waals surface area (Å²) in [6.07, 6.45) is 2.19. The van der Waals surface area contributed by atoms with Crippen LogP contribution in [0, 0.1) is 6.92 Å². The SMILES string of the molecule is COc1c(CCCN(C(C)C)C(C)C)cc(C)cc1-c1ccccc1. The first-order valence-electron chi connectivity index (χ1n) is 9.42. The third-order valence-corrected chi connectivity index (χ3v) is 4.79. The zero-order valence-corrected chi connectivity index (χ0v) is 16.7. The minimum Gasteiger partial charge on any atom is -0.496 e. The highest BCUT2D eigenvalue weighted by Crippen LogP contribution is 2.35. The van der Waals surface area contributed by atoms with Crippen molar-refractivity contribution in [2.24, 2.45) is 0 Å². The number of ether oxygens (including phenoxy) is 1. The molecule has 25 heavy (non-hydrogen) atoms. The first-order chi connectivity index (χ1) is 11.9. The van der Waals surface area contributed by atoms with Crippen LogP contribution in [-0.4, -0.2) is 30.6 Å². The smallest absolute Gasteiger partial charge is 0.129 e. The van der Waals surface area contributed by atoms with Crippen LogP contribution in [0.1, 0.15) is 45.2 Å². The standard InChI is InChI=1S/C23H33NO/c1-17(2)24(18(3)4)14-10-13-21-15-19(5)16-22(23(21)25-6)20-11-8-7-9-12-20/h7-9,11-12,15-18H,10,13-14H2,1-6H3. The molecule has 0 fully saturated rings. The van der Waals surface area contributed by atoms with Gasteiger partial charge in [0.2, 0.25) is 0 Å². The summed E-state index contributed by atoms with van der Waals surface area (Å²) in [5.41, 5.74) is 5.02. The van der Waals surface area contributed by atoms with Gasteiger partial charge in [-0.3, -0.25) is 4.90 Å². The van der Waals surface area contributed by atoms with Crippen molar-refractivity contribution in [2.45, 2.75) is 59.5 Å². The van der Waals surface area contributed by atoms with E-state index in [0.29, 0.717) is 12.1 Å². The Kier molecular flexibility index (Phi) is 7.07. The van der Waals surface area contributed by atoms with E-state index in [4.69, 9.17) is 4.74 Å². The molecule has 0 radical (unpaired) electrons. The minimum absolute atomic E-state index is 0.583. The van der Waals surface area contributed by atoms with E-state index in [2.05, 4.69) is 82.0 Å². The quantitative estimate of drug-likeness (QED) is 0.609. The second-order valence-electron chi connectivity index (χ2n) is 7.40. The Hall–Kier alpha value is -1.80. The molecule has 2 heteroatoms. The lowest BCUT2D eigenvalue weighted by atomic mass is 9.96. The number of hydrogen-bond donors (Lipinski definition) is 0. The molecule has 0 amide bonds. The van der Waals surface area contributed by atoms with Gasteiger partial charge in [-0.25, -0.2) is 0 Å². The second-order valence-corrected chi connectivity index (χ2v) is 7.40. The summed E-state index contributed by atoms with van der Waals surface area (Å²) in [4.78, 5) is 2.56. The number of methoxy groups -OCH3 is 1. The maximum atomic E-state index is 5.82. The molecule has 0 bridgehead atoms. The van der Waals surface area contributed by atoms with Gasteiger partial charge in [-0.15, -0.1) is 0 Å². The van der Waals surface area contributed by atoms with E-state index in [-0.39, 0.29) is 0 Å². The Balaban J connectivity index is 2.22. The van der Waals surface area contributed by atoms with Crippen molar-refractivity contribution < 1.29 is 4.74 Å². The molecule has 0 spiro atoms. The summed E-state index contributed by atoms with van der Waals surface area (Å²) in [5, 5.41) is 0. The third-order valence-electron chi connectivity index (χ3n) is 4.79. The van der Waals surface area contributed by atoms with E-state index >= 15 is 0 Å². The van der Waals surface area contributed by atoms with E-state index < -0.39 is 0 Å². The zero-order chi connectivity index (χ0) is 18.4. The van der Waals surface area contributed by atoms with Crippen molar-refractivity contribution in [1.82, 2.24) is 4.90 Å². The van der Waals surface area contributed by atoms with E-state index in [0.717, 1.165) is 25.1 Å². The van der Waals surface area contributed by atoms with Gasteiger partial charge in [0.05, 0.1) is 7.11 Å². The van der Waals surface area contributed by atoms with Crippen LogP contribution < -0.4 is 4.74 Å². The largest absolute Gasteiger partial charge is 0.496 e. The van der Waals surface area contributed by atoms with Crippen LogP contribution in [0.2, 0.25) is 0 Å². The average Bonchev–Trinajstić information content (AvgIpc) is 2.58. The molecule has 0 aromatic heterocycles. The molecular formula is C23H33NO. The number of rotatable bonds is 8. The molecule has 0 unspecified atom stereocenters. The van der Waals surface area contributed by atoms with Gasteiger partial charge >= 0.3 is 0 Å². The van der Waals surface area contributed by atoms with Gasteiger partial charge in [-0.05, 0) is 76.8 Å². The monoisotopic (exact) mass is 339 g/mol. The summed E-state index contributed by atoms with van der Waals surface area (Å²) in [7, 11) is 1.79. The highest BCUT2D eigenvalue weighted by atomic mass is 16.5. The lowest BCUT2D eigenvalue weighted by Gasteiger charge is -2.30. The second kappa shape index (κ2) is 9.05. The van der Waals surface area contributed by atoms with Crippen LogP contribution in [0.15, 0.2) is 42.5 Å². The van der Waals surface area contributed by atoms with Gasteiger partial charge in [0.15, 0.2) is 0 Å². The first kappa shape index (κ1) is 19.5. The van der Waals surface area contributed by atoms with Crippen molar-refractivity contribution in [3.63, 3.8) is 0 Å². The fourth-order valence-electron chi connectivity index (χ4n) is 3.67. The Morgan fingerprint density at radius 1 is 0.960 bits per heavy atom. The Morgan fingerprint density at radius 2 is 1.60 bits per heavy atom. The third kappa shape index (κ3) is 5.09. The van der Waals surface area contributed by atoms with Gasteiger partial charge in [-0.2, -0.15) is 0 Å². The lowest BCUT2D eigenvalue weighted by Crippen LogP contribution is -2.37. The van der Waals surface area contributed by atoms with Crippen LogP contribution in [0.4, 0.5) is 0 Å². The summed E-state index contributed by atoms with van der Waals surface area (Å²) in [6, 6.07) is 16.2. The topological polar surface area (TPSA) is 12.5 Å². The Bertz CT molecular complexity index is 653. The van der Waals surface area contributed by atoms with Crippen molar-refractivity contribution in [2.75, 3.05) is 13.7 Å². The zero-order valence-electron chi connectivity index (χ0n) is 16.7. The van der Waals surface area contributed by atoms with Crippen LogP contribution in [0.25, 0.3) is 11.1 Å². The predicted octanol–water partition coefficient (Wildman–Crippen LogP) is 5.72. The summed E-state index contributed by atoms with van der Waals surface area (Å²) < 4.78 is 5.82. The summed E-state index contributed by atoms with van der Waals surface area (Å²) >= 11 is 0. The molecule has 0 aliphatic heterocycles. The molecule has 0 aliphatic carbocycles. The molecule has 0 atom stereocenters. The van der Waals surface area contributed by atoms with Gasteiger partial charge in [0.25, 0.3) is 0 Å². The molecule has 0 saturated heterocycles. The Morgan fingerprint density at radius 3 is 2.16 bits per heavy atom. The maximum Gasteiger partial charge on any atom is 0.129 e. The highest BCUT2D eigenvalue weighted by Gasteiger charge is 2.15. The molecule has 0 heterocycles. The molecule has 0 saturated carbocycles. The molecule has 2 nitrogen and oxygen atoms in total. The molecule has 0 aliphatic rings. The Labute approximate surface area is 153 Å². The molecule has 2 rings (SSSR count). The van der Waals surface area contributed by atoms with Crippen molar-refractivity contribution in [3.05, 3.63) is 53.6 Å². The van der Waals surface area contributed by atoms with Crippen molar-refractivity contribution in [3.8, 4) is 16.9 Å². The number of aryl methyl sites for hydroxylation is 2. The van der Waals surface area contributed by atoms with E-state index in [1.807, 2.05) is 0 Å². The molecule has 136 valence electrons. The van der Waals surface area contributed by atoms with Crippen molar-refractivity contribution in [1.29, 1.82) is 0 Å². The fourth-order valence-corrected chi connectivity index (χ4v) is 3.67. The lowest BCUT2D eigenvalue weighted by molar-refractivity contribution is 0.173. The van der Waals surface area contributed by atoms with Gasteiger partial charge < -0.3 is 4.74 Å². The summed E-state index contributed by atoms with van der Waals surface area (Å²) in [5.74, 6) is 1.03. The van der Waals surface area contributed by atoms with E-state index in [1.54, 1.807) is 7.11 Å². The average molecular weight is 340 g/mol. The molecule has 2 aromatic carbocycles. The van der Waals surface area contributed by atoms with Crippen LogP contribution in [-0.2, 0) is 6.42 Å². The minimum atomic E-state index is 0.583. The molecule has 2 aromatic rings. The fraction of sp³-hybridized carbons (Fsp3) is 0.478. The van der Waals surface area contributed by atoms with Crippen LogP contribution in [0.3, 0.4) is 0 Å². The predicted molar refractivity (Wildman–Crippen MR) is 108 cm³/mol.